The molecule has 102 valence electrons. The molecule has 21 heavy (non-hydrogen) atoms. The SMILES string of the molecule is CCc1c(N=C=O)c(N=C=O)cc2c1[nH]c1ccccc12. The normalized spacial score (nSPS) is 10.3. The van der Waals surface area contributed by atoms with Crippen LogP contribution in [-0.2, 0) is 16.0 Å². The average molecular weight is 277 g/mol. The maximum Gasteiger partial charge on any atom is 0.240 e. The fourth-order valence-electron chi connectivity index (χ4n) is 2.68. The van der Waals surface area contributed by atoms with Gasteiger partial charge in [0.15, 0.2) is 0 Å². The molecule has 0 saturated carbocycles. The Morgan fingerprint density at radius 1 is 1.10 bits per heavy atom. The summed E-state index contributed by atoms with van der Waals surface area (Å²) in [5, 5.41) is 1.98. The molecule has 0 saturated heterocycles. The van der Waals surface area contributed by atoms with Crippen molar-refractivity contribution in [3.05, 3.63) is 35.9 Å². The van der Waals surface area contributed by atoms with E-state index < -0.39 is 0 Å². The molecule has 2 aromatic carbocycles. The summed E-state index contributed by atoms with van der Waals surface area (Å²) in [6.07, 6.45) is 3.69. The zero-order chi connectivity index (χ0) is 14.8. The van der Waals surface area contributed by atoms with E-state index in [9.17, 15) is 9.59 Å². The molecule has 0 spiro atoms. The first-order chi connectivity index (χ1) is 10.3. The van der Waals surface area contributed by atoms with Crippen molar-refractivity contribution in [2.45, 2.75) is 13.3 Å². The van der Waals surface area contributed by atoms with Crippen molar-refractivity contribution >= 4 is 45.3 Å². The summed E-state index contributed by atoms with van der Waals surface area (Å²) in [5.41, 5.74) is 3.42. The van der Waals surface area contributed by atoms with E-state index in [1.54, 1.807) is 6.07 Å². The number of para-hydroxylation sites is 1. The molecular weight excluding hydrogens is 266 g/mol. The van der Waals surface area contributed by atoms with Crippen molar-refractivity contribution in [1.29, 1.82) is 0 Å². The Morgan fingerprint density at radius 2 is 1.86 bits per heavy atom. The lowest BCUT2D eigenvalue weighted by Gasteiger charge is -2.06. The number of aromatic amines is 1. The number of isocyanates is 2. The van der Waals surface area contributed by atoms with Crippen molar-refractivity contribution in [2.75, 3.05) is 0 Å². The van der Waals surface area contributed by atoms with Gasteiger partial charge in [-0.15, -0.1) is 0 Å². The summed E-state index contributed by atoms with van der Waals surface area (Å²) >= 11 is 0. The smallest absolute Gasteiger partial charge is 0.240 e. The van der Waals surface area contributed by atoms with E-state index in [1.807, 2.05) is 31.2 Å². The molecule has 0 aliphatic heterocycles. The molecule has 0 unspecified atom stereocenters. The molecule has 5 heteroatoms. The lowest BCUT2D eigenvalue weighted by atomic mass is 10.0. The molecule has 3 rings (SSSR count). The lowest BCUT2D eigenvalue weighted by molar-refractivity contribution is 0.564. The van der Waals surface area contributed by atoms with Crippen LogP contribution in [-0.4, -0.2) is 17.1 Å². The number of benzene rings is 2. The van der Waals surface area contributed by atoms with Gasteiger partial charge in [-0.2, -0.15) is 9.98 Å². The number of hydrogen-bond donors (Lipinski definition) is 1. The highest BCUT2D eigenvalue weighted by Crippen LogP contribution is 2.40. The molecule has 0 fully saturated rings. The fourth-order valence-corrected chi connectivity index (χ4v) is 2.68. The number of rotatable bonds is 3. The first-order valence-corrected chi connectivity index (χ1v) is 6.52. The zero-order valence-corrected chi connectivity index (χ0v) is 11.3. The van der Waals surface area contributed by atoms with Crippen LogP contribution < -0.4 is 0 Å². The highest BCUT2D eigenvalue weighted by Gasteiger charge is 2.15. The molecule has 0 aliphatic rings. The third-order valence-corrected chi connectivity index (χ3v) is 3.53. The third-order valence-electron chi connectivity index (χ3n) is 3.53. The van der Waals surface area contributed by atoms with Gasteiger partial charge in [0, 0.05) is 21.9 Å². The van der Waals surface area contributed by atoms with E-state index in [2.05, 4.69) is 15.0 Å². The predicted octanol–water partition coefficient (Wildman–Crippen LogP) is 3.82. The Kier molecular flexibility index (Phi) is 3.20. The lowest BCUT2D eigenvalue weighted by Crippen LogP contribution is -1.86. The van der Waals surface area contributed by atoms with Crippen molar-refractivity contribution in [3.63, 3.8) is 0 Å². The van der Waals surface area contributed by atoms with Crippen molar-refractivity contribution in [3.8, 4) is 0 Å². The Bertz CT molecular complexity index is 943. The van der Waals surface area contributed by atoms with E-state index in [4.69, 9.17) is 0 Å². The first-order valence-electron chi connectivity index (χ1n) is 6.52. The molecule has 3 aromatic rings. The monoisotopic (exact) mass is 277 g/mol. The van der Waals surface area contributed by atoms with Crippen LogP contribution in [0.15, 0.2) is 40.3 Å². The standard InChI is InChI=1S/C16H11N3O2/c1-2-10-15-12(11-5-3-4-6-13(11)19-15)7-14(17-8-20)16(10)18-9-21/h3-7,19H,2H2,1H3. The minimum atomic E-state index is 0.336. The van der Waals surface area contributed by atoms with E-state index >= 15 is 0 Å². The van der Waals surface area contributed by atoms with Crippen LogP contribution in [0.3, 0.4) is 0 Å². The van der Waals surface area contributed by atoms with E-state index in [1.165, 1.54) is 12.2 Å². The second-order valence-electron chi connectivity index (χ2n) is 4.58. The number of nitrogens with zero attached hydrogens (tertiary/aromatic N) is 2. The van der Waals surface area contributed by atoms with Gasteiger partial charge in [-0.1, -0.05) is 25.1 Å². The molecule has 0 atom stereocenters. The quantitative estimate of drug-likeness (QED) is 0.583. The van der Waals surface area contributed by atoms with Gasteiger partial charge in [-0.25, -0.2) is 9.59 Å². The van der Waals surface area contributed by atoms with Gasteiger partial charge in [0.05, 0.1) is 5.52 Å². The maximum absolute atomic E-state index is 10.7. The van der Waals surface area contributed by atoms with Gasteiger partial charge >= 0.3 is 0 Å². The first kappa shape index (κ1) is 13.0. The number of fused-ring (bicyclic) bond motifs is 3. The molecule has 1 N–H and O–H groups in total. The Balaban J connectivity index is 2.55. The van der Waals surface area contributed by atoms with Gasteiger partial charge < -0.3 is 4.98 Å². The predicted molar refractivity (Wildman–Crippen MR) is 80.7 cm³/mol. The van der Waals surface area contributed by atoms with Gasteiger partial charge in [-0.05, 0) is 18.6 Å². The molecule has 1 heterocycles. The Morgan fingerprint density at radius 3 is 2.57 bits per heavy atom. The summed E-state index contributed by atoms with van der Waals surface area (Å²) in [6.45, 7) is 1.96. The second-order valence-corrected chi connectivity index (χ2v) is 4.58. The van der Waals surface area contributed by atoms with Crippen LogP contribution in [0.1, 0.15) is 12.5 Å². The zero-order valence-electron chi connectivity index (χ0n) is 11.3. The van der Waals surface area contributed by atoms with Crippen molar-refractivity contribution in [1.82, 2.24) is 4.98 Å². The molecule has 0 bridgehead atoms. The minimum Gasteiger partial charge on any atom is -0.354 e. The Labute approximate surface area is 120 Å². The topological polar surface area (TPSA) is 74.7 Å². The molecule has 1 aromatic heterocycles. The third kappa shape index (κ3) is 1.98. The summed E-state index contributed by atoms with van der Waals surface area (Å²) in [7, 11) is 0. The van der Waals surface area contributed by atoms with Crippen LogP contribution >= 0.6 is 0 Å². The number of aryl methyl sites for hydroxylation is 1. The van der Waals surface area contributed by atoms with E-state index in [-0.39, 0.29) is 0 Å². The summed E-state index contributed by atoms with van der Waals surface area (Å²) in [5.74, 6) is 0. The fraction of sp³-hybridized carbons (Fsp3) is 0.125. The molecule has 0 aliphatic carbocycles. The average Bonchev–Trinajstić information content (AvgIpc) is 2.86. The Hall–Kier alpha value is -3.00. The number of H-pyrrole nitrogens is 1. The van der Waals surface area contributed by atoms with Crippen LogP contribution in [0.2, 0.25) is 0 Å². The van der Waals surface area contributed by atoms with Crippen molar-refractivity contribution in [2.24, 2.45) is 9.98 Å². The molecule has 5 nitrogen and oxygen atoms in total. The minimum absolute atomic E-state index is 0.336. The van der Waals surface area contributed by atoms with Gasteiger partial charge in [0.2, 0.25) is 12.2 Å². The van der Waals surface area contributed by atoms with Gasteiger partial charge in [-0.3, -0.25) is 0 Å². The van der Waals surface area contributed by atoms with Crippen LogP contribution in [0.25, 0.3) is 21.8 Å². The second kappa shape index (κ2) is 5.17. The molecular formula is C16H11N3O2. The van der Waals surface area contributed by atoms with Gasteiger partial charge in [0.25, 0.3) is 0 Å². The van der Waals surface area contributed by atoms with Crippen LogP contribution in [0.5, 0.6) is 0 Å². The number of aromatic nitrogens is 1. The number of carbonyl (C=O) groups excluding carboxylic acids is 2. The number of hydrogen-bond acceptors (Lipinski definition) is 4. The van der Waals surface area contributed by atoms with Gasteiger partial charge in [0.1, 0.15) is 11.4 Å². The summed E-state index contributed by atoms with van der Waals surface area (Å²) in [6, 6.07) is 9.60. The van der Waals surface area contributed by atoms with Crippen LogP contribution in [0, 0.1) is 0 Å². The molecule has 0 amide bonds. The molecule has 0 radical (unpaired) electrons. The number of nitrogens with one attached hydrogen (secondary N) is 1. The number of aliphatic imine (C=N–C) groups is 2. The maximum atomic E-state index is 10.7. The van der Waals surface area contributed by atoms with Crippen LogP contribution in [0.4, 0.5) is 11.4 Å². The van der Waals surface area contributed by atoms with E-state index in [0.29, 0.717) is 17.8 Å². The van der Waals surface area contributed by atoms with E-state index in [0.717, 1.165) is 27.4 Å². The highest BCUT2D eigenvalue weighted by molar-refractivity contribution is 6.11. The summed E-state index contributed by atoms with van der Waals surface area (Å²) in [4.78, 5) is 32.0. The van der Waals surface area contributed by atoms with Crippen molar-refractivity contribution < 1.29 is 9.59 Å². The largest absolute Gasteiger partial charge is 0.354 e. The highest BCUT2D eigenvalue weighted by atomic mass is 16.1. The summed E-state index contributed by atoms with van der Waals surface area (Å²) < 4.78 is 0.